The lowest BCUT2D eigenvalue weighted by Crippen LogP contribution is -2.44. The number of amides is 1. The normalized spacial score (nSPS) is 16.6. The van der Waals surface area contributed by atoms with Crippen LogP contribution in [-0.4, -0.2) is 62.6 Å². The maximum Gasteiger partial charge on any atom is 0.433 e. The Labute approximate surface area is 154 Å². The van der Waals surface area contributed by atoms with Crippen LogP contribution in [0.15, 0.2) is 12.4 Å². The van der Waals surface area contributed by atoms with Gasteiger partial charge in [0.2, 0.25) is 5.91 Å². The number of nitrogens with one attached hydrogen (secondary N) is 2. The highest BCUT2D eigenvalue weighted by Crippen LogP contribution is 2.30. The van der Waals surface area contributed by atoms with Crippen molar-refractivity contribution in [2.75, 3.05) is 31.5 Å². The third-order valence-electron chi connectivity index (χ3n) is 4.42. The molecule has 1 saturated heterocycles. The number of aromatic nitrogens is 4. The fourth-order valence-corrected chi connectivity index (χ4v) is 3.03. The standard InChI is InChI=1S/C16H22F3N7O/c1-2-5-20-14(27)9-25-6-3-11(4-7-25)23-13-8-12(16(17,18)19)24-15-21-10-22-26(13)15/h8,10-11,23H,2-7,9H2,1H3,(H,20,27). The number of hydrogen-bond donors (Lipinski definition) is 2. The van der Waals surface area contributed by atoms with E-state index in [1.165, 1.54) is 10.8 Å². The fourth-order valence-electron chi connectivity index (χ4n) is 3.03. The van der Waals surface area contributed by atoms with E-state index in [2.05, 4.69) is 25.7 Å². The Morgan fingerprint density at radius 1 is 1.33 bits per heavy atom. The molecule has 11 heteroatoms. The van der Waals surface area contributed by atoms with Crippen LogP contribution < -0.4 is 10.6 Å². The van der Waals surface area contributed by atoms with Gasteiger partial charge in [0.25, 0.3) is 5.78 Å². The minimum Gasteiger partial charge on any atom is -0.367 e. The van der Waals surface area contributed by atoms with Crippen LogP contribution in [0.3, 0.4) is 0 Å². The molecule has 0 unspecified atom stereocenters. The molecule has 27 heavy (non-hydrogen) atoms. The molecule has 2 aromatic heterocycles. The van der Waals surface area contributed by atoms with E-state index in [0.717, 1.165) is 12.5 Å². The monoisotopic (exact) mass is 385 g/mol. The zero-order chi connectivity index (χ0) is 19.4. The predicted octanol–water partition coefficient (Wildman–Crippen LogP) is 1.55. The van der Waals surface area contributed by atoms with Crippen molar-refractivity contribution in [1.29, 1.82) is 0 Å². The SMILES string of the molecule is CCCNC(=O)CN1CCC(Nc2cc(C(F)(F)F)nc3ncnn23)CC1. The van der Waals surface area contributed by atoms with E-state index in [0.29, 0.717) is 39.0 Å². The van der Waals surface area contributed by atoms with Crippen molar-refractivity contribution in [3.63, 3.8) is 0 Å². The maximum atomic E-state index is 13.0. The van der Waals surface area contributed by atoms with E-state index in [1.54, 1.807) is 0 Å². The highest BCUT2D eigenvalue weighted by molar-refractivity contribution is 5.77. The molecule has 1 fully saturated rings. The van der Waals surface area contributed by atoms with Gasteiger partial charge in [-0.15, -0.1) is 0 Å². The molecule has 1 amide bonds. The number of carbonyl (C=O) groups is 1. The predicted molar refractivity (Wildman–Crippen MR) is 92.2 cm³/mol. The summed E-state index contributed by atoms with van der Waals surface area (Å²) in [5.41, 5.74) is -1.00. The van der Waals surface area contributed by atoms with Crippen LogP contribution in [0.25, 0.3) is 5.78 Å². The first-order valence-electron chi connectivity index (χ1n) is 8.90. The number of anilines is 1. The molecule has 0 atom stereocenters. The lowest BCUT2D eigenvalue weighted by molar-refractivity contribution is -0.141. The minimum absolute atomic E-state index is 0.00321. The highest BCUT2D eigenvalue weighted by Gasteiger charge is 2.34. The lowest BCUT2D eigenvalue weighted by Gasteiger charge is -2.32. The van der Waals surface area contributed by atoms with E-state index in [1.807, 2.05) is 11.8 Å². The second-order valence-electron chi connectivity index (χ2n) is 6.54. The van der Waals surface area contributed by atoms with Crippen molar-refractivity contribution in [3.8, 4) is 0 Å². The molecular formula is C16H22F3N7O. The van der Waals surface area contributed by atoms with Crippen molar-refractivity contribution in [1.82, 2.24) is 29.8 Å². The summed E-state index contributed by atoms with van der Waals surface area (Å²) < 4.78 is 40.4. The first-order chi connectivity index (χ1) is 12.9. The molecule has 148 valence electrons. The number of hydrogen-bond acceptors (Lipinski definition) is 6. The van der Waals surface area contributed by atoms with Crippen molar-refractivity contribution < 1.29 is 18.0 Å². The van der Waals surface area contributed by atoms with Gasteiger partial charge in [-0.2, -0.15) is 27.8 Å². The second-order valence-corrected chi connectivity index (χ2v) is 6.54. The molecule has 0 radical (unpaired) electrons. The van der Waals surface area contributed by atoms with Crippen LogP contribution in [0.2, 0.25) is 0 Å². The summed E-state index contributed by atoms with van der Waals surface area (Å²) in [6, 6.07) is 0.933. The number of carbonyl (C=O) groups excluding carboxylic acids is 1. The smallest absolute Gasteiger partial charge is 0.367 e. The molecule has 1 aliphatic rings. The third-order valence-corrected chi connectivity index (χ3v) is 4.42. The quantitative estimate of drug-likeness (QED) is 0.785. The van der Waals surface area contributed by atoms with Crippen LogP contribution in [-0.2, 0) is 11.0 Å². The van der Waals surface area contributed by atoms with Crippen molar-refractivity contribution in [3.05, 3.63) is 18.1 Å². The molecule has 0 aliphatic carbocycles. The molecule has 0 bridgehead atoms. The second kappa shape index (κ2) is 8.07. The Bertz CT molecular complexity index is 784. The van der Waals surface area contributed by atoms with Gasteiger partial charge in [0.1, 0.15) is 12.1 Å². The summed E-state index contributed by atoms with van der Waals surface area (Å²) in [4.78, 5) is 21.1. The number of rotatable bonds is 6. The average Bonchev–Trinajstić information content (AvgIpc) is 3.10. The third kappa shape index (κ3) is 4.85. The van der Waals surface area contributed by atoms with Gasteiger partial charge in [0, 0.05) is 31.7 Å². The minimum atomic E-state index is -4.56. The Balaban J connectivity index is 1.62. The van der Waals surface area contributed by atoms with E-state index in [4.69, 9.17) is 0 Å². The maximum absolute atomic E-state index is 13.0. The Morgan fingerprint density at radius 3 is 2.74 bits per heavy atom. The summed E-state index contributed by atoms with van der Waals surface area (Å²) in [7, 11) is 0. The molecule has 2 aromatic rings. The van der Waals surface area contributed by atoms with Crippen LogP contribution in [0.1, 0.15) is 31.9 Å². The zero-order valence-corrected chi connectivity index (χ0v) is 15.0. The van der Waals surface area contributed by atoms with Crippen LogP contribution in [0.4, 0.5) is 19.0 Å². The molecule has 3 heterocycles. The van der Waals surface area contributed by atoms with Gasteiger partial charge in [-0.3, -0.25) is 9.69 Å². The van der Waals surface area contributed by atoms with Gasteiger partial charge < -0.3 is 10.6 Å². The van der Waals surface area contributed by atoms with E-state index >= 15 is 0 Å². The molecular weight excluding hydrogens is 363 g/mol. The molecule has 0 saturated carbocycles. The molecule has 1 aliphatic heterocycles. The largest absolute Gasteiger partial charge is 0.433 e. The number of halogens is 3. The van der Waals surface area contributed by atoms with Gasteiger partial charge in [-0.1, -0.05) is 6.92 Å². The van der Waals surface area contributed by atoms with Gasteiger partial charge in [0.15, 0.2) is 5.69 Å². The lowest BCUT2D eigenvalue weighted by atomic mass is 10.0. The summed E-state index contributed by atoms with van der Waals surface area (Å²) in [6.07, 6.45) is -1.08. The van der Waals surface area contributed by atoms with E-state index in [-0.39, 0.29) is 23.5 Å². The van der Waals surface area contributed by atoms with Crippen molar-refractivity contribution >= 4 is 17.5 Å². The van der Waals surface area contributed by atoms with Gasteiger partial charge in [-0.25, -0.2) is 4.98 Å². The molecule has 0 spiro atoms. The van der Waals surface area contributed by atoms with Crippen molar-refractivity contribution in [2.24, 2.45) is 0 Å². The van der Waals surface area contributed by atoms with Crippen LogP contribution >= 0.6 is 0 Å². The molecule has 0 aromatic carbocycles. The molecule has 8 nitrogen and oxygen atoms in total. The number of alkyl halides is 3. The summed E-state index contributed by atoms with van der Waals surface area (Å²) >= 11 is 0. The number of fused-ring (bicyclic) bond motifs is 1. The van der Waals surface area contributed by atoms with Gasteiger partial charge in [0.05, 0.1) is 6.54 Å². The van der Waals surface area contributed by atoms with Crippen LogP contribution in [0.5, 0.6) is 0 Å². The average molecular weight is 385 g/mol. The molecule has 2 N–H and O–H groups in total. The first kappa shape index (κ1) is 19.3. The topological polar surface area (TPSA) is 87.5 Å². The van der Waals surface area contributed by atoms with Crippen molar-refractivity contribution in [2.45, 2.75) is 38.4 Å². The highest BCUT2D eigenvalue weighted by atomic mass is 19.4. The number of nitrogens with zero attached hydrogens (tertiary/aromatic N) is 5. The zero-order valence-electron chi connectivity index (χ0n) is 15.0. The van der Waals surface area contributed by atoms with Gasteiger partial charge >= 0.3 is 6.18 Å². The number of piperidine rings is 1. The van der Waals surface area contributed by atoms with E-state index in [9.17, 15) is 18.0 Å². The Hall–Kier alpha value is -2.43. The molecule has 3 rings (SSSR count). The fraction of sp³-hybridized carbons (Fsp3) is 0.625. The summed E-state index contributed by atoms with van der Waals surface area (Å²) in [5.74, 6) is 0.109. The van der Waals surface area contributed by atoms with E-state index < -0.39 is 11.9 Å². The summed E-state index contributed by atoms with van der Waals surface area (Å²) in [5, 5.41) is 9.90. The first-order valence-corrected chi connectivity index (χ1v) is 8.90. The van der Waals surface area contributed by atoms with Gasteiger partial charge in [-0.05, 0) is 19.3 Å². The Morgan fingerprint density at radius 2 is 2.07 bits per heavy atom. The number of likely N-dealkylation sites (tertiary alicyclic amines) is 1. The summed E-state index contributed by atoms with van der Waals surface area (Å²) in [6.45, 7) is 4.37. The Kier molecular flexibility index (Phi) is 5.78. The van der Waals surface area contributed by atoms with Crippen LogP contribution in [0, 0.1) is 0 Å².